The van der Waals surface area contributed by atoms with Crippen molar-refractivity contribution in [3.63, 3.8) is 0 Å². The van der Waals surface area contributed by atoms with Crippen LogP contribution in [-0.4, -0.2) is 58.5 Å². The maximum atomic E-state index is 4.91. The number of rotatable bonds is 3. The van der Waals surface area contributed by atoms with Crippen molar-refractivity contribution in [1.82, 2.24) is 19.8 Å². The van der Waals surface area contributed by atoms with E-state index in [4.69, 9.17) is 4.98 Å². The van der Waals surface area contributed by atoms with Crippen molar-refractivity contribution in [3.8, 4) is 0 Å². The van der Waals surface area contributed by atoms with E-state index in [1.54, 1.807) is 0 Å². The normalized spacial score (nSPS) is 24.2. The molecule has 1 aromatic heterocycles. The Labute approximate surface area is 143 Å². The van der Waals surface area contributed by atoms with Crippen LogP contribution in [0.4, 0.5) is 5.95 Å². The van der Waals surface area contributed by atoms with Gasteiger partial charge >= 0.3 is 0 Å². The fourth-order valence-corrected chi connectivity index (χ4v) is 4.11. The van der Waals surface area contributed by atoms with Gasteiger partial charge < -0.3 is 9.80 Å². The average molecular weight is 323 g/mol. The average Bonchev–Trinajstić information content (AvgIpc) is 2.52. The largest absolute Gasteiger partial charge is 0.367 e. The Balaban J connectivity index is 1.25. The Morgan fingerprint density at radius 1 is 1.00 bits per heavy atom. The summed E-state index contributed by atoms with van der Waals surface area (Å²) in [6.45, 7) is 6.48. The molecule has 0 unspecified atom stereocenters. The van der Waals surface area contributed by atoms with E-state index in [0.29, 0.717) is 0 Å². The van der Waals surface area contributed by atoms with Crippen LogP contribution in [0.3, 0.4) is 0 Å². The zero-order valence-corrected chi connectivity index (χ0v) is 14.2. The molecule has 0 spiro atoms. The van der Waals surface area contributed by atoms with Crippen molar-refractivity contribution in [3.05, 3.63) is 41.4 Å². The number of hydrogen-bond donors (Lipinski definition) is 0. The molecule has 2 aliphatic heterocycles. The molecule has 3 heterocycles. The van der Waals surface area contributed by atoms with E-state index in [0.717, 1.165) is 44.6 Å². The minimum absolute atomic E-state index is 0.859. The van der Waals surface area contributed by atoms with Crippen molar-refractivity contribution in [2.45, 2.75) is 38.3 Å². The minimum atomic E-state index is 0.859. The zero-order valence-electron chi connectivity index (χ0n) is 14.2. The standard InChI is InChI=1S/C19H25N5/c1-3-16(4-1)22-9-11-23(12-10-22)19-20-13-15-14-24(17-5-2-6-17)8-7-18(15)21-19/h2,5-6,13,16H,1,3-4,7-12,14H2. The molecule has 0 amide bonds. The number of piperazine rings is 1. The summed E-state index contributed by atoms with van der Waals surface area (Å²) in [4.78, 5) is 17.1. The molecular formula is C19H25N5. The molecular weight excluding hydrogens is 298 g/mol. The summed E-state index contributed by atoms with van der Waals surface area (Å²) >= 11 is 0. The Hall–Kier alpha value is -1.88. The maximum absolute atomic E-state index is 4.91. The maximum Gasteiger partial charge on any atom is 0.225 e. The van der Waals surface area contributed by atoms with Crippen molar-refractivity contribution < 1.29 is 0 Å². The van der Waals surface area contributed by atoms with E-state index >= 15 is 0 Å². The van der Waals surface area contributed by atoms with Gasteiger partial charge in [0.15, 0.2) is 0 Å². The lowest BCUT2D eigenvalue weighted by Gasteiger charge is -2.43. The van der Waals surface area contributed by atoms with Gasteiger partial charge in [0.25, 0.3) is 0 Å². The molecule has 1 saturated heterocycles. The van der Waals surface area contributed by atoms with Gasteiger partial charge in [0.2, 0.25) is 5.95 Å². The lowest BCUT2D eigenvalue weighted by molar-refractivity contribution is 0.120. The SMILES string of the molecule is C1=CC(N2CCc3nc(N4CCN(C5CCC5)CC4)ncc3C2)=C1. The van der Waals surface area contributed by atoms with Crippen LogP contribution in [0.25, 0.3) is 0 Å². The van der Waals surface area contributed by atoms with Crippen LogP contribution < -0.4 is 4.90 Å². The Morgan fingerprint density at radius 3 is 2.50 bits per heavy atom. The molecule has 1 aromatic rings. The Kier molecular flexibility index (Phi) is 3.55. The van der Waals surface area contributed by atoms with Crippen LogP contribution in [0.1, 0.15) is 30.5 Å². The van der Waals surface area contributed by atoms with Gasteiger partial charge in [-0.3, -0.25) is 4.90 Å². The van der Waals surface area contributed by atoms with E-state index in [-0.39, 0.29) is 0 Å². The molecule has 4 aliphatic rings. The van der Waals surface area contributed by atoms with Crippen molar-refractivity contribution in [2.24, 2.45) is 0 Å². The highest BCUT2D eigenvalue weighted by Crippen LogP contribution is 2.27. The molecule has 5 heteroatoms. The molecule has 2 fully saturated rings. The number of allylic oxidation sites excluding steroid dienone is 3. The van der Waals surface area contributed by atoms with Crippen LogP contribution >= 0.6 is 0 Å². The minimum Gasteiger partial charge on any atom is -0.367 e. The first-order valence-electron chi connectivity index (χ1n) is 9.34. The Bertz CT molecular complexity index is 683. The van der Waals surface area contributed by atoms with Crippen LogP contribution in [0.5, 0.6) is 0 Å². The van der Waals surface area contributed by atoms with E-state index in [9.17, 15) is 0 Å². The van der Waals surface area contributed by atoms with Gasteiger partial charge in [0, 0.05) is 69.2 Å². The first-order valence-corrected chi connectivity index (χ1v) is 9.34. The van der Waals surface area contributed by atoms with Crippen LogP contribution in [0.2, 0.25) is 0 Å². The first kappa shape index (κ1) is 14.5. The Morgan fingerprint density at radius 2 is 1.83 bits per heavy atom. The number of nitrogens with zero attached hydrogens (tertiary/aromatic N) is 5. The molecule has 0 radical (unpaired) electrons. The summed E-state index contributed by atoms with van der Waals surface area (Å²) in [5.74, 6) is 0.943. The second kappa shape index (κ2) is 5.88. The first-order chi connectivity index (χ1) is 11.9. The fourth-order valence-electron chi connectivity index (χ4n) is 4.11. The van der Waals surface area contributed by atoms with Crippen molar-refractivity contribution >= 4 is 5.95 Å². The monoisotopic (exact) mass is 323 g/mol. The second-order valence-electron chi connectivity index (χ2n) is 7.37. The molecule has 5 rings (SSSR count). The summed E-state index contributed by atoms with van der Waals surface area (Å²) in [6, 6.07) is 0.859. The third-order valence-electron chi connectivity index (χ3n) is 6.01. The molecule has 0 atom stereocenters. The summed E-state index contributed by atoms with van der Waals surface area (Å²) in [5, 5.41) is 0. The zero-order chi connectivity index (χ0) is 15.9. The lowest BCUT2D eigenvalue weighted by Crippen LogP contribution is -2.52. The van der Waals surface area contributed by atoms with Gasteiger partial charge in [-0.2, -0.15) is 0 Å². The van der Waals surface area contributed by atoms with Gasteiger partial charge in [-0.15, -0.1) is 0 Å². The van der Waals surface area contributed by atoms with Crippen molar-refractivity contribution in [2.75, 3.05) is 37.6 Å². The number of aromatic nitrogens is 2. The van der Waals surface area contributed by atoms with Crippen molar-refractivity contribution in [1.29, 1.82) is 0 Å². The summed E-state index contributed by atoms with van der Waals surface area (Å²) in [7, 11) is 0. The molecule has 1 saturated carbocycles. The van der Waals surface area contributed by atoms with Crippen LogP contribution in [-0.2, 0) is 13.0 Å². The van der Waals surface area contributed by atoms with Gasteiger partial charge in [0.05, 0.1) is 5.69 Å². The lowest BCUT2D eigenvalue weighted by atomic mass is 9.91. The van der Waals surface area contributed by atoms with Gasteiger partial charge in [-0.1, -0.05) is 12.5 Å². The smallest absolute Gasteiger partial charge is 0.225 e. The van der Waals surface area contributed by atoms with Crippen LogP contribution in [0, 0.1) is 0 Å². The third kappa shape index (κ3) is 2.51. The highest BCUT2D eigenvalue weighted by molar-refractivity contribution is 5.38. The topological polar surface area (TPSA) is 35.5 Å². The van der Waals surface area contributed by atoms with Gasteiger partial charge in [-0.05, 0) is 25.0 Å². The third-order valence-corrected chi connectivity index (χ3v) is 6.01. The molecule has 0 aromatic carbocycles. The molecule has 0 N–H and O–H groups in total. The predicted molar refractivity (Wildman–Crippen MR) is 94.8 cm³/mol. The van der Waals surface area contributed by atoms with Crippen LogP contribution in [0.15, 0.2) is 30.1 Å². The number of fused-ring (bicyclic) bond motifs is 1. The highest BCUT2D eigenvalue weighted by atomic mass is 15.3. The molecule has 126 valence electrons. The predicted octanol–water partition coefficient (Wildman–Crippen LogP) is 1.96. The fraction of sp³-hybridized carbons (Fsp3) is 0.579. The molecule has 2 aliphatic carbocycles. The second-order valence-corrected chi connectivity index (χ2v) is 7.37. The molecule has 24 heavy (non-hydrogen) atoms. The summed E-state index contributed by atoms with van der Waals surface area (Å²) in [6.07, 6.45) is 13.8. The number of hydrogen-bond acceptors (Lipinski definition) is 5. The number of anilines is 1. The van der Waals surface area contributed by atoms with E-state index in [1.165, 1.54) is 49.3 Å². The summed E-state index contributed by atoms with van der Waals surface area (Å²) < 4.78 is 0. The molecule has 0 bridgehead atoms. The van der Waals surface area contributed by atoms with E-state index < -0.39 is 0 Å². The van der Waals surface area contributed by atoms with Gasteiger partial charge in [-0.25, -0.2) is 9.97 Å². The molecule has 5 nitrogen and oxygen atoms in total. The van der Waals surface area contributed by atoms with E-state index in [1.807, 2.05) is 0 Å². The quantitative estimate of drug-likeness (QED) is 0.850. The van der Waals surface area contributed by atoms with Gasteiger partial charge in [0.1, 0.15) is 0 Å². The highest BCUT2D eigenvalue weighted by Gasteiger charge is 2.29. The van der Waals surface area contributed by atoms with E-state index in [2.05, 4.69) is 44.1 Å². The summed E-state index contributed by atoms with van der Waals surface area (Å²) in [5.41, 5.74) is 3.89.